The van der Waals surface area contributed by atoms with Crippen LogP contribution in [0.2, 0.25) is 0 Å². The average Bonchev–Trinajstić information content (AvgIpc) is 3.20. The summed E-state index contributed by atoms with van der Waals surface area (Å²) < 4.78 is 5.26. The first kappa shape index (κ1) is 15.2. The third-order valence-corrected chi connectivity index (χ3v) is 5.72. The van der Waals surface area contributed by atoms with E-state index in [0.29, 0.717) is 0 Å². The molecular weight excluding hydrogens is 338 g/mol. The van der Waals surface area contributed by atoms with E-state index >= 15 is 0 Å². The first-order valence-corrected chi connectivity index (χ1v) is 9.19. The molecule has 0 saturated heterocycles. The van der Waals surface area contributed by atoms with E-state index in [4.69, 9.17) is 14.7 Å². The Morgan fingerprint density at radius 2 is 1.83 bits per heavy atom. The van der Waals surface area contributed by atoms with Gasteiger partial charge in [0, 0.05) is 10.8 Å². The molecule has 0 bridgehead atoms. The van der Waals surface area contributed by atoms with Crippen LogP contribution in [-0.4, -0.2) is 22.1 Å². The van der Waals surface area contributed by atoms with Crippen molar-refractivity contribution in [2.45, 2.75) is 13.8 Å². The number of methoxy groups -OCH3 is 1. The predicted molar refractivity (Wildman–Crippen MR) is 100.0 cm³/mol. The molecule has 0 aliphatic rings. The van der Waals surface area contributed by atoms with E-state index < -0.39 is 0 Å². The first-order valence-electron chi connectivity index (χ1n) is 7.49. The number of hydrogen-bond acceptors (Lipinski definition) is 6. The topological polar surface area (TPSA) is 47.9 Å². The van der Waals surface area contributed by atoms with Gasteiger partial charge in [0.15, 0.2) is 0 Å². The molecule has 24 heavy (non-hydrogen) atoms. The van der Waals surface area contributed by atoms with Gasteiger partial charge >= 0.3 is 0 Å². The van der Waals surface area contributed by atoms with Crippen LogP contribution in [0.15, 0.2) is 35.7 Å². The molecule has 3 heterocycles. The molecule has 4 aromatic rings. The fourth-order valence-electron chi connectivity index (χ4n) is 2.61. The van der Waals surface area contributed by atoms with Crippen LogP contribution in [0.1, 0.15) is 10.7 Å². The van der Waals surface area contributed by atoms with Crippen molar-refractivity contribution in [2.24, 2.45) is 0 Å². The number of fused-ring (bicyclic) bond motifs is 1. The summed E-state index contributed by atoms with van der Waals surface area (Å²) >= 11 is 3.29. The number of ether oxygens (including phenoxy) is 1. The van der Waals surface area contributed by atoms with E-state index in [2.05, 4.69) is 16.4 Å². The maximum absolute atomic E-state index is 5.26. The van der Waals surface area contributed by atoms with E-state index in [1.54, 1.807) is 29.8 Å². The van der Waals surface area contributed by atoms with Crippen LogP contribution in [0, 0.1) is 13.8 Å². The number of benzene rings is 1. The van der Waals surface area contributed by atoms with Crippen molar-refractivity contribution >= 4 is 33.6 Å². The largest absolute Gasteiger partial charge is 0.497 e. The molecule has 3 aromatic heterocycles. The minimum atomic E-state index is 0.838. The smallest absolute Gasteiger partial charge is 0.142 e. The van der Waals surface area contributed by atoms with Crippen LogP contribution in [0.5, 0.6) is 5.75 Å². The highest BCUT2D eigenvalue weighted by atomic mass is 32.1. The van der Waals surface area contributed by atoms with E-state index in [9.17, 15) is 0 Å². The zero-order valence-corrected chi connectivity index (χ0v) is 15.2. The lowest BCUT2D eigenvalue weighted by Crippen LogP contribution is -1.87. The molecule has 0 atom stereocenters. The van der Waals surface area contributed by atoms with Gasteiger partial charge in [0.1, 0.15) is 10.8 Å². The van der Waals surface area contributed by atoms with Crippen molar-refractivity contribution in [2.75, 3.05) is 7.11 Å². The number of aromatic nitrogens is 3. The molecule has 0 aliphatic carbocycles. The second-order valence-corrected chi connectivity index (χ2v) is 7.50. The summed E-state index contributed by atoms with van der Waals surface area (Å²) in [6.45, 7) is 4.05. The molecule has 0 unspecified atom stereocenters. The molecule has 0 N–H and O–H groups in total. The number of nitrogens with zero attached hydrogens (tertiary/aromatic N) is 3. The lowest BCUT2D eigenvalue weighted by atomic mass is 10.2. The standard InChI is InChI=1S/C18H15N3OS2/c1-10-17(24-11(2)19-10)16-9-23-18(21-16)15-6-4-12-8-13(22-3)5-7-14(12)20-15/h4-9H,1-3H3. The molecule has 0 radical (unpaired) electrons. The van der Waals surface area contributed by atoms with Gasteiger partial charge in [0.25, 0.3) is 0 Å². The summed E-state index contributed by atoms with van der Waals surface area (Å²) in [5, 5.41) is 5.13. The van der Waals surface area contributed by atoms with Crippen molar-refractivity contribution in [3.05, 3.63) is 46.4 Å². The zero-order valence-electron chi connectivity index (χ0n) is 13.5. The third kappa shape index (κ3) is 2.68. The Balaban J connectivity index is 1.74. The maximum Gasteiger partial charge on any atom is 0.142 e. The molecular formula is C18H15N3OS2. The van der Waals surface area contributed by atoms with Gasteiger partial charge in [-0.2, -0.15) is 0 Å². The predicted octanol–water partition coefficient (Wildman–Crippen LogP) is 5.11. The van der Waals surface area contributed by atoms with Gasteiger partial charge in [-0.1, -0.05) is 6.07 Å². The van der Waals surface area contributed by atoms with E-state index in [1.807, 2.05) is 38.1 Å². The lowest BCUT2D eigenvalue weighted by Gasteiger charge is -2.03. The summed E-state index contributed by atoms with van der Waals surface area (Å²) in [4.78, 5) is 15.1. The van der Waals surface area contributed by atoms with Crippen LogP contribution in [0.3, 0.4) is 0 Å². The van der Waals surface area contributed by atoms with Gasteiger partial charge in [-0.3, -0.25) is 0 Å². The minimum Gasteiger partial charge on any atom is -0.497 e. The molecule has 4 nitrogen and oxygen atoms in total. The zero-order chi connectivity index (χ0) is 16.7. The lowest BCUT2D eigenvalue weighted by molar-refractivity contribution is 0.415. The van der Waals surface area contributed by atoms with Crippen molar-refractivity contribution in [3.63, 3.8) is 0 Å². The van der Waals surface area contributed by atoms with Crippen molar-refractivity contribution in [1.29, 1.82) is 0 Å². The molecule has 120 valence electrons. The molecule has 0 spiro atoms. The highest BCUT2D eigenvalue weighted by Gasteiger charge is 2.13. The monoisotopic (exact) mass is 353 g/mol. The van der Waals surface area contributed by atoms with E-state index in [1.165, 1.54) is 0 Å². The van der Waals surface area contributed by atoms with Gasteiger partial charge in [-0.05, 0) is 38.1 Å². The van der Waals surface area contributed by atoms with Gasteiger partial charge in [-0.15, -0.1) is 22.7 Å². The van der Waals surface area contributed by atoms with Gasteiger partial charge in [0.2, 0.25) is 0 Å². The fraction of sp³-hybridized carbons (Fsp3) is 0.167. The Bertz CT molecular complexity index is 1040. The normalized spacial score (nSPS) is 11.1. The van der Waals surface area contributed by atoms with Gasteiger partial charge in [-0.25, -0.2) is 15.0 Å². The number of rotatable bonds is 3. The Kier molecular flexibility index (Phi) is 3.78. The molecule has 4 rings (SSSR count). The van der Waals surface area contributed by atoms with Crippen molar-refractivity contribution in [1.82, 2.24) is 15.0 Å². The second-order valence-electron chi connectivity index (χ2n) is 5.44. The van der Waals surface area contributed by atoms with Gasteiger partial charge in [0.05, 0.1) is 39.6 Å². The highest BCUT2D eigenvalue weighted by Crippen LogP contribution is 2.34. The van der Waals surface area contributed by atoms with Crippen LogP contribution >= 0.6 is 22.7 Å². The van der Waals surface area contributed by atoms with Gasteiger partial charge < -0.3 is 4.74 Å². The molecule has 1 aromatic carbocycles. The Morgan fingerprint density at radius 3 is 2.58 bits per heavy atom. The minimum absolute atomic E-state index is 0.838. The average molecular weight is 353 g/mol. The van der Waals surface area contributed by atoms with Crippen LogP contribution < -0.4 is 4.74 Å². The first-order chi connectivity index (χ1) is 11.6. The highest BCUT2D eigenvalue weighted by molar-refractivity contribution is 7.16. The van der Waals surface area contributed by atoms with Crippen LogP contribution in [-0.2, 0) is 0 Å². The Hall–Kier alpha value is -2.31. The summed E-state index contributed by atoms with van der Waals surface area (Å²) in [6, 6.07) is 9.96. The summed E-state index contributed by atoms with van der Waals surface area (Å²) in [5.74, 6) is 0.838. The molecule has 0 fully saturated rings. The Morgan fingerprint density at radius 1 is 0.958 bits per heavy atom. The number of aryl methyl sites for hydroxylation is 2. The number of thiazole rings is 2. The number of hydrogen-bond donors (Lipinski definition) is 0. The quantitative estimate of drug-likeness (QED) is 0.514. The Labute approximate surface area is 147 Å². The van der Waals surface area contributed by atoms with Crippen molar-refractivity contribution < 1.29 is 4.74 Å². The molecule has 6 heteroatoms. The van der Waals surface area contributed by atoms with Crippen LogP contribution in [0.4, 0.5) is 0 Å². The maximum atomic E-state index is 5.26. The fourth-order valence-corrected chi connectivity index (χ4v) is 4.35. The number of pyridine rings is 1. The molecule has 0 saturated carbocycles. The summed E-state index contributed by atoms with van der Waals surface area (Å²) in [6.07, 6.45) is 0. The third-order valence-electron chi connectivity index (χ3n) is 3.76. The van der Waals surface area contributed by atoms with Crippen LogP contribution in [0.25, 0.3) is 32.2 Å². The molecule has 0 aliphatic heterocycles. The summed E-state index contributed by atoms with van der Waals surface area (Å²) in [7, 11) is 1.67. The van der Waals surface area contributed by atoms with Crippen molar-refractivity contribution in [3.8, 4) is 27.0 Å². The molecule has 0 amide bonds. The van der Waals surface area contributed by atoms with E-state index in [0.717, 1.165) is 48.6 Å². The van der Waals surface area contributed by atoms with E-state index in [-0.39, 0.29) is 0 Å². The second kappa shape index (κ2) is 5.96. The summed E-state index contributed by atoms with van der Waals surface area (Å²) in [5.41, 5.74) is 3.85. The SMILES string of the molecule is COc1ccc2nc(-c3nc(-c4sc(C)nc4C)cs3)ccc2c1.